The Bertz CT molecular complexity index is 1450. The quantitative estimate of drug-likeness (QED) is 0.338. The SMILES string of the molecule is Cc1ncc(-c2ccc(-c3ccc4c(c3)CCc3c-4ccc4[nH]c(C(C)C)nc34)cc2)[nH]1. The van der Waals surface area contributed by atoms with E-state index in [1.807, 2.05) is 13.1 Å². The van der Waals surface area contributed by atoms with Gasteiger partial charge in [-0.25, -0.2) is 9.97 Å². The van der Waals surface area contributed by atoms with Crippen molar-refractivity contribution in [2.75, 3.05) is 0 Å². The molecule has 0 amide bonds. The molecule has 0 radical (unpaired) electrons. The van der Waals surface area contributed by atoms with Crippen LogP contribution in [0, 0.1) is 6.92 Å². The van der Waals surface area contributed by atoms with Crippen molar-refractivity contribution < 1.29 is 0 Å². The van der Waals surface area contributed by atoms with Crippen molar-refractivity contribution in [3.05, 3.63) is 83.6 Å². The fourth-order valence-electron chi connectivity index (χ4n) is 4.84. The van der Waals surface area contributed by atoms with E-state index < -0.39 is 0 Å². The number of nitrogens with one attached hydrogen (secondary N) is 2. The number of nitrogens with zero attached hydrogens (tertiary/aromatic N) is 2. The summed E-state index contributed by atoms with van der Waals surface area (Å²) in [5.74, 6) is 2.41. The summed E-state index contributed by atoms with van der Waals surface area (Å²) in [6.07, 6.45) is 3.97. The molecule has 1 aliphatic rings. The summed E-state index contributed by atoms with van der Waals surface area (Å²) >= 11 is 0. The summed E-state index contributed by atoms with van der Waals surface area (Å²) < 4.78 is 0. The third-order valence-electron chi connectivity index (χ3n) is 6.60. The summed E-state index contributed by atoms with van der Waals surface area (Å²) in [7, 11) is 0. The molecule has 0 aliphatic heterocycles. The van der Waals surface area contributed by atoms with Gasteiger partial charge in [-0.15, -0.1) is 0 Å². The van der Waals surface area contributed by atoms with E-state index in [0.717, 1.165) is 46.8 Å². The third kappa shape index (κ3) is 3.06. The molecule has 0 unspecified atom stereocenters. The summed E-state index contributed by atoms with van der Waals surface area (Å²) in [5.41, 5.74) is 12.5. The van der Waals surface area contributed by atoms with Crippen LogP contribution < -0.4 is 0 Å². The van der Waals surface area contributed by atoms with E-state index in [9.17, 15) is 0 Å². The molecule has 0 spiro atoms. The number of H-pyrrole nitrogens is 2. The van der Waals surface area contributed by atoms with Gasteiger partial charge in [-0.3, -0.25) is 0 Å². The number of imidazole rings is 2. The molecule has 5 aromatic rings. The Kier molecular flexibility index (Phi) is 4.29. The van der Waals surface area contributed by atoms with Crippen molar-refractivity contribution in [1.29, 1.82) is 0 Å². The van der Waals surface area contributed by atoms with Crippen LogP contribution in [0.25, 0.3) is 44.5 Å². The van der Waals surface area contributed by atoms with Crippen LogP contribution in [-0.2, 0) is 12.8 Å². The van der Waals surface area contributed by atoms with Crippen LogP contribution in [0.3, 0.4) is 0 Å². The highest BCUT2D eigenvalue weighted by molar-refractivity contribution is 5.90. The highest BCUT2D eigenvalue weighted by Crippen LogP contribution is 2.39. The molecule has 2 heterocycles. The van der Waals surface area contributed by atoms with Crippen LogP contribution in [0.5, 0.6) is 0 Å². The van der Waals surface area contributed by atoms with Crippen molar-refractivity contribution in [2.24, 2.45) is 0 Å². The number of aromatic amines is 2. The van der Waals surface area contributed by atoms with Gasteiger partial charge in [0.1, 0.15) is 11.6 Å². The second-order valence-corrected chi connectivity index (χ2v) is 9.10. The molecular formula is C28H26N4. The lowest BCUT2D eigenvalue weighted by Gasteiger charge is -2.21. The van der Waals surface area contributed by atoms with Crippen molar-refractivity contribution in [1.82, 2.24) is 19.9 Å². The Morgan fingerprint density at radius 1 is 0.812 bits per heavy atom. The maximum Gasteiger partial charge on any atom is 0.109 e. The molecule has 0 saturated carbocycles. The Labute approximate surface area is 187 Å². The predicted molar refractivity (Wildman–Crippen MR) is 131 cm³/mol. The van der Waals surface area contributed by atoms with Gasteiger partial charge in [-0.05, 0) is 64.8 Å². The maximum absolute atomic E-state index is 4.94. The van der Waals surface area contributed by atoms with Gasteiger partial charge >= 0.3 is 0 Å². The summed E-state index contributed by atoms with van der Waals surface area (Å²) in [6, 6.07) is 20.1. The second-order valence-electron chi connectivity index (χ2n) is 9.10. The first kappa shape index (κ1) is 19.1. The summed E-state index contributed by atoms with van der Waals surface area (Å²) in [5, 5.41) is 0. The van der Waals surface area contributed by atoms with E-state index >= 15 is 0 Å². The number of fused-ring (bicyclic) bond motifs is 5. The second kappa shape index (κ2) is 7.20. The Balaban J connectivity index is 1.36. The molecule has 32 heavy (non-hydrogen) atoms. The Hall–Kier alpha value is -3.66. The minimum Gasteiger partial charge on any atom is -0.342 e. The Morgan fingerprint density at radius 2 is 1.56 bits per heavy atom. The van der Waals surface area contributed by atoms with E-state index in [1.165, 1.54) is 33.4 Å². The van der Waals surface area contributed by atoms with Crippen LogP contribution in [-0.4, -0.2) is 19.9 Å². The van der Waals surface area contributed by atoms with E-state index in [4.69, 9.17) is 4.98 Å². The molecule has 2 aromatic heterocycles. The van der Waals surface area contributed by atoms with Gasteiger partial charge in [-0.1, -0.05) is 62.4 Å². The molecule has 6 rings (SSSR count). The zero-order chi connectivity index (χ0) is 21.8. The standard InChI is InChI=1S/C28H26N4/c1-16(2)28-31-25-13-12-23-22-10-8-20(14-21(22)9-11-24(23)27(25)32-28)18-4-6-19(7-5-18)26-15-29-17(3)30-26/h4-8,10,12-16H,9,11H2,1-3H3,(H,29,30)(H,31,32). The maximum atomic E-state index is 4.94. The molecular weight excluding hydrogens is 392 g/mol. The van der Waals surface area contributed by atoms with Gasteiger partial charge in [0.05, 0.1) is 22.9 Å². The van der Waals surface area contributed by atoms with Crippen molar-refractivity contribution >= 4 is 11.0 Å². The molecule has 158 valence electrons. The fraction of sp³-hybridized carbons (Fsp3) is 0.214. The van der Waals surface area contributed by atoms with Crippen LogP contribution in [0.1, 0.15) is 42.5 Å². The molecule has 3 aromatic carbocycles. The van der Waals surface area contributed by atoms with E-state index in [-0.39, 0.29) is 0 Å². The van der Waals surface area contributed by atoms with Gasteiger partial charge in [0.2, 0.25) is 0 Å². The van der Waals surface area contributed by atoms with E-state index in [2.05, 4.69) is 83.4 Å². The van der Waals surface area contributed by atoms with Gasteiger partial charge < -0.3 is 9.97 Å². The number of aryl methyl sites for hydroxylation is 3. The highest BCUT2D eigenvalue weighted by atomic mass is 14.9. The zero-order valence-corrected chi connectivity index (χ0v) is 18.7. The molecule has 4 nitrogen and oxygen atoms in total. The number of hydrogen-bond acceptors (Lipinski definition) is 2. The fourth-order valence-corrected chi connectivity index (χ4v) is 4.84. The number of benzene rings is 3. The minimum absolute atomic E-state index is 0.403. The average Bonchev–Trinajstić information content (AvgIpc) is 3.45. The lowest BCUT2D eigenvalue weighted by atomic mass is 9.83. The van der Waals surface area contributed by atoms with E-state index in [1.54, 1.807) is 0 Å². The van der Waals surface area contributed by atoms with Crippen LogP contribution >= 0.6 is 0 Å². The number of rotatable bonds is 3. The topological polar surface area (TPSA) is 57.4 Å². The first-order chi connectivity index (χ1) is 15.6. The molecule has 2 N–H and O–H groups in total. The van der Waals surface area contributed by atoms with Crippen LogP contribution in [0.4, 0.5) is 0 Å². The van der Waals surface area contributed by atoms with Gasteiger partial charge in [0.15, 0.2) is 0 Å². The van der Waals surface area contributed by atoms with E-state index in [0.29, 0.717) is 5.92 Å². The smallest absolute Gasteiger partial charge is 0.109 e. The lowest BCUT2D eigenvalue weighted by molar-refractivity contribution is 0.798. The first-order valence-electron chi connectivity index (χ1n) is 11.3. The van der Waals surface area contributed by atoms with Crippen molar-refractivity contribution in [2.45, 2.75) is 39.5 Å². The number of hydrogen-bond donors (Lipinski definition) is 2. The molecule has 0 saturated heterocycles. The molecule has 1 aliphatic carbocycles. The van der Waals surface area contributed by atoms with Crippen molar-refractivity contribution in [3.63, 3.8) is 0 Å². The molecule has 0 fully saturated rings. The van der Waals surface area contributed by atoms with Gasteiger partial charge in [0.25, 0.3) is 0 Å². The lowest BCUT2D eigenvalue weighted by Crippen LogP contribution is -2.05. The van der Waals surface area contributed by atoms with Gasteiger partial charge in [0, 0.05) is 5.92 Å². The normalized spacial score (nSPS) is 12.9. The summed E-state index contributed by atoms with van der Waals surface area (Å²) in [6.45, 7) is 6.34. The largest absolute Gasteiger partial charge is 0.342 e. The van der Waals surface area contributed by atoms with Crippen LogP contribution in [0.2, 0.25) is 0 Å². The number of aromatic nitrogens is 4. The molecule has 4 heteroatoms. The Morgan fingerprint density at radius 3 is 2.31 bits per heavy atom. The molecule has 0 bridgehead atoms. The average molecular weight is 419 g/mol. The third-order valence-corrected chi connectivity index (χ3v) is 6.60. The first-order valence-corrected chi connectivity index (χ1v) is 11.3. The monoisotopic (exact) mass is 418 g/mol. The highest BCUT2D eigenvalue weighted by Gasteiger charge is 2.21. The predicted octanol–water partition coefficient (Wildman–Crippen LogP) is 6.82. The summed E-state index contributed by atoms with van der Waals surface area (Å²) in [4.78, 5) is 16.0. The zero-order valence-electron chi connectivity index (χ0n) is 18.7. The van der Waals surface area contributed by atoms with Gasteiger partial charge in [-0.2, -0.15) is 0 Å². The van der Waals surface area contributed by atoms with Crippen molar-refractivity contribution in [3.8, 4) is 33.5 Å². The molecule has 0 atom stereocenters. The minimum atomic E-state index is 0.403. The van der Waals surface area contributed by atoms with Crippen LogP contribution in [0.15, 0.2) is 60.8 Å².